The first-order chi connectivity index (χ1) is 15.5. The van der Waals surface area contributed by atoms with E-state index >= 15 is 0 Å². The zero-order valence-electron chi connectivity index (χ0n) is 19.2. The van der Waals surface area contributed by atoms with E-state index in [1.165, 1.54) is 12.1 Å². The number of amides is 3. The Morgan fingerprint density at radius 2 is 1.48 bits per heavy atom. The van der Waals surface area contributed by atoms with Crippen molar-refractivity contribution in [2.75, 3.05) is 26.2 Å². The van der Waals surface area contributed by atoms with Gasteiger partial charge in [0.15, 0.2) is 0 Å². The molecule has 0 radical (unpaired) electrons. The van der Waals surface area contributed by atoms with E-state index in [-0.39, 0.29) is 35.2 Å². The zero-order valence-corrected chi connectivity index (χ0v) is 19.2. The number of halogens is 3. The molecule has 3 rings (SSSR count). The first-order valence-electron chi connectivity index (χ1n) is 11.6. The summed E-state index contributed by atoms with van der Waals surface area (Å²) in [5.41, 5.74) is -0.575. The number of nitrogens with zero attached hydrogens (tertiary/aromatic N) is 2. The van der Waals surface area contributed by atoms with Crippen LogP contribution in [0, 0.1) is 11.8 Å². The summed E-state index contributed by atoms with van der Waals surface area (Å²) in [4.78, 5) is 41.0. The van der Waals surface area contributed by atoms with Crippen molar-refractivity contribution >= 4 is 17.7 Å². The molecule has 6 nitrogen and oxygen atoms in total. The molecule has 1 aromatic carbocycles. The summed E-state index contributed by atoms with van der Waals surface area (Å²) in [5.74, 6) is -0.0429. The number of nitrogens with one attached hydrogen (secondary N) is 1. The number of rotatable bonds is 5. The molecule has 9 heteroatoms. The molecule has 0 aliphatic carbocycles. The van der Waals surface area contributed by atoms with Crippen LogP contribution < -0.4 is 5.32 Å². The minimum Gasteiger partial charge on any atom is -0.353 e. The third kappa shape index (κ3) is 6.71. The average Bonchev–Trinajstić information content (AvgIpc) is 2.78. The fourth-order valence-electron chi connectivity index (χ4n) is 4.40. The predicted octanol–water partition coefficient (Wildman–Crippen LogP) is 3.71. The first kappa shape index (κ1) is 25.1. The van der Waals surface area contributed by atoms with Crippen molar-refractivity contribution in [3.8, 4) is 0 Å². The lowest BCUT2D eigenvalue weighted by atomic mass is 9.94. The summed E-state index contributed by atoms with van der Waals surface area (Å²) in [6, 6.07) is 4.27. The third-order valence-electron chi connectivity index (χ3n) is 6.39. The number of carbonyl (C=O) groups excluding carboxylic acids is 3. The van der Waals surface area contributed by atoms with Crippen molar-refractivity contribution in [1.82, 2.24) is 15.1 Å². The van der Waals surface area contributed by atoms with E-state index in [1.54, 1.807) is 4.90 Å². The monoisotopic (exact) mass is 467 g/mol. The van der Waals surface area contributed by atoms with Crippen molar-refractivity contribution in [2.45, 2.75) is 58.2 Å². The molecule has 0 saturated carbocycles. The summed E-state index contributed by atoms with van der Waals surface area (Å²) in [5, 5.41) is 3.10. The number of benzene rings is 1. The third-order valence-corrected chi connectivity index (χ3v) is 6.39. The molecule has 33 heavy (non-hydrogen) atoms. The second-order valence-corrected chi connectivity index (χ2v) is 9.40. The van der Waals surface area contributed by atoms with Crippen molar-refractivity contribution < 1.29 is 27.6 Å². The number of piperidine rings is 2. The number of likely N-dealkylation sites (tertiary alicyclic amines) is 2. The second kappa shape index (κ2) is 10.6. The molecule has 1 aromatic rings. The number of carbonyl (C=O) groups is 3. The Hall–Kier alpha value is -2.58. The van der Waals surface area contributed by atoms with Crippen LogP contribution in [0.2, 0.25) is 0 Å². The molecule has 0 unspecified atom stereocenters. The van der Waals surface area contributed by atoms with Crippen LogP contribution in [0.4, 0.5) is 13.2 Å². The fraction of sp³-hybridized carbons (Fsp3) is 0.625. The minimum atomic E-state index is -4.44. The molecule has 182 valence electrons. The van der Waals surface area contributed by atoms with Gasteiger partial charge in [0.25, 0.3) is 5.91 Å². The van der Waals surface area contributed by atoms with E-state index in [9.17, 15) is 27.6 Å². The molecule has 2 aliphatic heterocycles. The van der Waals surface area contributed by atoms with Crippen molar-refractivity contribution in [3.63, 3.8) is 0 Å². The van der Waals surface area contributed by atoms with Crippen LogP contribution >= 0.6 is 0 Å². The van der Waals surface area contributed by atoms with Gasteiger partial charge in [-0.2, -0.15) is 13.2 Å². The molecule has 2 fully saturated rings. The van der Waals surface area contributed by atoms with E-state index in [0.29, 0.717) is 51.4 Å². The van der Waals surface area contributed by atoms with Crippen LogP contribution in [0.3, 0.4) is 0 Å². The molecule has 0 aromatic heterocycles. The highest BCUT2D eigenvalue weighted by atomic mass is 19.4. The Morgan fingerprint density at radius 3 is 2.00 bits per heavy atom. The molecule has 2 saturated heterocycles. The Morgan fingerprint density at radius 1 is 0.939 bits per heavy atom. The van der Waals surface area contributed by atoms with Gasteiger partial charge in [-0.1, -0.05) is 13.8 Å². The van der Waals surface area contributed by atoms with Gasteiger partial charge in [0.2, 0.25) is 11.8 Å². The maximum atomic E-state index is 12.7. The maximum Gasteiger partial charge on any atom is 0.416 e. The lowest BCUT2D eigenvalue weighted by Gasteiger charge is -2.35. The van der Waals surface area contributed by atoms with Crippen LogP contribution in [-0.2, 0) is 15.8 Å². The zero-order chi connectivity index (χ0) is 24.2. The maximum absolute atomic E-state index is 12.7. The normalized spacial score (nSPS) is 18.5. The van der Waals surface area contributed by atoms with Crippen LogP contribution in [0.25, 0.3) is 0 Å². The standard InChI is InChI=1S/C24H32F3N3O3/c1-16(2)15-21(31)29-13-9-20(10-14-29)28-22(32)17-7-11-30(12-8-17)23(33)18-3-5-19(6-4-18)24(25,26)27/h3-6,16-17,20H,7-15H2,1-2H3,(H,28,32). The van der Waals surface area contributed by atoms with Gasteiger partial charge in [-0.15, -0.1) is 0 Å². The predicted molar refractivity (Wildman–Crippen MR) is 117 cm³/mol. The Labute approximate surface area is 192 Å². The van der Waals surface area contributed by atoms with Gasteiger partial charge in [-0.05, 0) is 55.9 Å². The quantitative estimate of drug-likeness (QED) is 0.718. The van der Waals surface area contributed by atoms with Crippen molar-refractivity contribution in [2.24, 2.45) is 11.8 Å². The molecule has 2 aliphatic rings. The van der Waals surface area contributed by atoms with Gasteiger partial charge in [0, 0.05) is 50.1 Å². The van der Waals surface area contributed by atoms with E-state index < -0.39 is 11.7 Å². The topological polar surface area (TPSA) is 69.7 Å². The number of alkyl halides is 3. The summed E-state index contributed by atoms with van der Waals surface area (Å²) in [6.07, 6.45) is -1.39. The summed E-state index contributed by atoms with van der Waals surface area (Å²) in [6.45, 7) is 6.12. The minimum absolute atomic E-state index is 0.0245. The molecule has 0 spiro atoms. The Kier molecular flexibility index (Phi) is 8.02. The van der Waals surface area contributed by atoms with Crippen molar-refractivity contribution in [1.29, 1.82) is 0 Å². The van der Waals surface area contributed by atoms with Crippen LogP contribution in [0.15, 0.2) is 24.3 Å². The highest BCUT2D eigenvalue weighted by molar-refractivity contribution is 5.94. The average molecular weight is 468 g/mol. The summed E-state index contributed by atoms with van der Waals surface area (Å²) >= 11 is 0. The Bertz CT molecular complexity index is 839. The van der Waals surface area contributed by atoms with Gasteiger partial charge < -0.3 is 15.1 Å². The van der Waals surface area contributed by atoms with Gasteiger partial charge >= 0.3 is 6.18 Å². The second-order valence-electron chi connectivity index (χ2n) is 9.40. The summed E-state index contributed by atoms with van der Waals surface area (Å²) < 4.78 is 38.1. The molecule has 3 amide bonds. The van der Waals surface area contributed by atoms with Crippen molar-refractivity contribution in [3.05, 3.63) is 35.4 Å². The highest BCUT2D eigenvalue weighted by Gasteiger charge is 2.32. The lowest BCUT2D eigenvalue weighted by molar-refractivity contribution is -0.137. The largest absolute Gasteiger partial charge is 0.416 e. The van der Waals surface area contributed by atoms with Gasteiger partial charge in [-0.25, -0.2) is 0 Å². The number of hydrogen-bond donors (Lipinski definition) is 1. The fourth-order valence-corrected chi connectivity index (χ4v) is 4.40. The van der Waals surface area contributed by atoms with E-state index in [2.05, 4.69) is 5.32 Å². The molecular weight excluding hydrogens is 435 g/mol. The van der Waals surface area contributed by atoms with E-state index in [0.717, 1.165) is 25.0 Å². The smallest absolute Gasteiger partial charge is 0.353 e. The van der Waals surface area contributed by atoms with Gasteiger partial charge in [-0.3, -0.25) is 14.4 Å². The molecule has 0 atom stereocenters. The van der Waals surface area contributed by atoms with Crippen LogP contribution in [0.5, 0.6) is 0 Å². The molecular formula is C24H32F3N3O3. The first-order valence-corrected chi connectivity index (χ1v) is 11.6. The van der Waals surface area contributed by atoms with E-state index in [1.807, 2.05) is 18.7 Å². The van der Waals surface area contributed by atoms with Crippen LogP contribution in [0.1, 0.15) is 61.9 Å². The SMILES string of the molecule is CC(C)CC(=O)N1CCC(NC(=O)C2CCN(C(=O)c3ccc(C(F)(F)F)cc3)CC2)CC1. The number of hydrogen-bond acceptors (Lipinski definition) is 3. The summed E-state index contributed by atoms with van der Waals surface area (Å²) in [7, 11) is 0. The van der Waals surface area contributed by atoms with Gasteiger partial charge in [0.1, 0.15) is 0 Å². The molecule has 2 heterocycles. The highest BCUT2D eigenvalue weighted by Crippen LogP contribution is 2.29. The molecule has 0 bridgehead atoms. The Balaban J connectivity index is 1.43. The lowest BCUT2D eigenvalue weighted by Crippen LogP contribution is -2.49. The van der Waals surface area contributed by atoms with Crippen LogP contribution in [-0.4, -0.2) is 59.7 Å². The van der Waals surface area contributed by atoms with Gasteiger partial charge in [0.05, 0.1) is 5.56 Å². The van der Waals surface area contributed by atoms with E-state index in [4.69, 9.17) is 0 Å². The molecule has 1 N–H and O–H groups in total.